The number of carbonyl (C=O) groups excluding carboxylic acids is 1. The van der Waals surface area contributed by atoms with Crippen LogP contribution in [-0.4, -0.2) is 37.5 Å². The minimum Gasteiger partial charge on any atom is -0.466 e. The maximum atomic E-state index is 10.1. The zero-order valence-electron chi connectivity index (χ0n) is 12.6. The third kappa shape index (κ3) is 24.6. The Bertz CT molecular complexity index is 171. The fourth-order valence-electron chi connectivity index (χ4n) is 0.969. The summed E-state index contributed by atoms with van der Waals surface area (Å²) in [5.41, 5.74) is 0. The van der Waals surface area contributed by atoms with Crippen LogP contribution < -0.4 is 0 Å². The second-order valence-corrected chi connectivity index (χ2v) is 5.10. The molecule has 0 amide bonds. The van der Waals surface area contributed by atoms with Crippen LogP contribution in [0.25, 0.3) is 0 Å². The van der Waals surface area contributed by atoms with E-state index < -0.39 is 0 Å². The Balaban J connectivity index is 0. The highest BCUT2D eigenvalue weighted by Crippen LogP contribution is 1.96. The molecule has 0 radical (unpaired) electrons. The lowest BCUT2D eigenvalue weighted by Crippen LogP contribution is -2.06. The van der Waals surface area contributed by atoms with E-state index in [1.807, 2.05) is 0 Å². The summed E-state index contributed by atoms with van der Waals surface area (Å²) in [6.45, 7) is 12.4. The van der Waals surface area contributed by atoms with Crippen molar-refractivity contribution in [1.82, 2.24) is 0 Å². The number of aliphatic hydroxyl groups excluding tert-OH is 1. The van der Waals surface area contributed by atoms with Gasteiger partial charge in [0.05, 0.1) is 6.61 Å². The number of hydrogen-bond acceptors (Lipinski definition) is 4. The van der Waals surface area contributed by atoms with Gasteiger partial charge in [0.1, 0.15) is 0 Å². The summed E-state index contributed by atoms with van der Waals surface area (Å²) >= 11 is 0. The van der Waals surface area contributed by atoms with E-state index in [1.165, 1.54) is 6.92 Å². The van der Waals surface area contributed by atoms with E-state index >= 15 is 0 Å². The SMILES string of the molecule is CC(=O)OCCCCO.CC(C)COCC(C)C. The Hall–Kier alpha value is -0.610. The van der Waals surface area contributed by atoms with Gasteiger partial charge in [-0.1, -0.05) is 27.7 Å². The zero-order valence-corrected chi connectivity index (χ0v) is 12.6. The van der Waals surface area contributed by atoms with Gasteiger partial charge in [-0.2, -0.15) is 0 Å². The molecule has 0 saturated carbocycles. The van der Waals surface area contributed by atoms with Crippen LogP contribution >= 0.6 is 0 Å². The Labute approximate surface area is 112 Å². The van der Waals surface area contributed by atoms with Gasteiger partial charge in [0, 0.05) is 26.7 Å². The largest absolute Gasteiger partial charge is 0.466 e. The molecule has 18 heavy (non-hydrogen) atoms. The highest BCUT2D eigenvalue weighted by Gasteiger charge is 1.95. The zero-order chi connectivity index (χ0) is 14.4. The number of ether oxygens (including phenoxy) is 2. The van der Waals surface area contributed by atoms with Crippen LogP contribution in [0.1, 0.15) is 47.5 Å². The van der Waals surface area contributed by atoms with Gasteiger partial charge in [-0.25, -0.2) is 0 Å². The molecule has 0 rings (SSSR count). The smallest absolute Gasteiger partial charge is 0.302 e. The summed E-state index contributed by atoms with van der Waals surface area (Å²) in [4.78, 5) is 10.1. The molecule has 0 aliphatic rings. The van der Waals surface area contributed by atoms with Crippen molar-refractivity contribution in [3.63, 3.8) is 0 Å². The van der Waals surface area contributed by atoms with E-state index in [9.17, 15) is 4.79 Å². The summed E-state index contributed by atoms with van der Waals surface area (Å²) in [6.07, 6.45) is 1.45. The maximum absolute atomic E-state index is 10.1. The monoisotopic (exact) mass is 262 g/mol. The molecule has 4 nitrogen and oxygen atoms in total. The molecule has 0 fully saturated rings. The van der Waals surface area contributed by atoms with Crippen LogP contribution in [0.2, 0.25) is 0 Å². The van der Waals surface area contributed by atoms with Crippen LogP contribution in [0.4, 0.5) is 0 Å². The topological polar surface area (TPSA) is 55.8 Å². The van der Waals surface area contributed by atoms with Crippen LogP contribution in [0.3, 0.4) is 0 Å². The number of rotatable bonds is 8. The van der Waals surface area contributed by atoms with E-state index in [4.69, 9.17) is 9.84 Å². The molecule has 110 valence electrons. The van der Waals surface area contributed by atoms with Crippen molar-refractivity contribution in [2.24, 2.45) is 11.8 Å². The molecule has 0 aromatic rings. The van der Waals surface area contributed by atoms with Crippen molar-refractivity contribution in [3.05, 3.63) is 0 Å². The van der Waals surface area contributed by atoms with E-state index in [0.717, 1.165) is 19.6 Å². The second kappa shape index (κ2) is 14.5. The number of carbonyl (C=O) groups is 1. The van der Waals surface area contributed by atoms with Crippen LogP contribution in [-0.2, 0) is 14.3 Å². The number of unbranched alkanes of at least 4 members (excludes halogenated alkanes) is 1. The Morgan fingerprint density at radius 2 is 1.56 bits per heavy atom. The van der Waals surface area contributed by atoms with Crippen molar-refractivity contribution in [2.75, 3.05) is 26.4 Å². The highest BCUT2D eigenvalue weighted by molar-refractivity contribution is 5.65. The first-order chi connectivity index (χ1) is 8.40. The molecule has 1 N–H and O–H groups in total. The Morgan fingerprint density at radius 1 is 1.06 bits per heavy atom. The van der Waals surface area contributed by atoms with Gasteiger partial charge in [0.2, 0.25) is 0 Å². The molecule has 0 heterocycles. The summed E-state index contributed by atoms with van der Waals surface area (Å²) in [5.74, 6) is 1.08. The first-order valence-electron chi connectivity index (χ1n) is 6.72. The van der Waals surface area contributed by atoms with Crippen molar-refractivity contribution >= 4 is 5.97 Å². The van der Waals surface area contributed by atoms with Gasteiger partial charge < -0.3 is 14.6 Å². The Kier molecular flexibility index (Phi) is 15.8. The number of hydrogen-bond donors (Lipinski definition) is 1. The molecule has 0 aliphatic carbocycles. The first kappa shape index (κ1) is 19.7. The molecule has 0 aromatic carbocycles. The van der Waals surface area contributed by atoms with E-state index in [0.29, 0.717) is 24.9 Å². The lowest BCUT2D eigenvalue weighted by Gasteiger charge is -2.07. The number of esters is 1. The summed E-state index contributed by atoms with van der Waals surface area (Å²) in [6, 6.07) is 0. The molecule has 0 spiro atoms. The molecular weight excluding hydrogens is 232 g/mol. The minimum absolute atomic E-state index is 0.168. The molecule has 0 aliphatic heterocycles. The maximum Gasteiger partial charge on any atom is 0.302 e. The average molecular weight is 262 g/mol. The molecule has 0 atom stereocenters. The van der Waals surface area contributed by atoms with Gasteiger partial charge in [0.15, 0.2) is 0 Å². The molecular formula is C14H30O4. The molecule has 0 unspecified atom stereocenters. The van der Waals surface area contributed by atoms with Gasteiger partial charge >= 0.3 is 5.97 Å². The Morgan fingerprint density at radius 3 is 1.89 bits per heavy atom. The lowest BCUT2D eigenvalue weighted by atomic mass is 10.2. The normalized spacial score (nSPS) is 10.2. The predicted molar refractivity (Wildman–Crippen MR) is 73.4 cm³/mol. The second-order valence-electron chi connectivity index (χ2n) is 5.10. The first-order valence-corrected chi connectivity index (χ1v) is 6.72. The van der Waals surface area contributed by atoms with Gasteiger partial charge in [-0.15, -0.1) is 0 Å². The molecule has 0 aromatic heterocycles. The summed E-state index contributed by atoms with van der Waals surface area (Å²) in [5, 5.41) is 8.29. The quantitative estimate of drug-likeness (QED) is 0.539. The van der Waals surface area contributed by atoms with E-state index in [-0.39, 0.29) is 12.6 Å². The molecule has 0 saturated heterocycles. The summed E-state index contributed by atoms with van der Waals surface area (Å²) in [7, 11) is 0. The minimum atomic E-state index is -0.257. The van der Waals surface area contributed by atoms with Crippen LogP contribution in [0.5, 0.6) is 0 Å². The molecule has 4 heteroatoms. The van der Waals surface area contributed by atoms with Gasteiger partial charge in [-0.3, -0.25) is 4.79 Å². The van der Waals surface area contributed by atoms with E-state index in [2.05, 4.69) is 32.4 Å². The fraction of sp³-hybridized carbons (Fsp3) is 0.929. The van der Waals surface area contributed by atoms with Gasteiger partial charge in [0.25, 0.3) is 0 Å². The van der Waals surface area contributed by atoms with Gasteiger partial charge in [-0.05, 0) is 24.7 Å². The predicted octanol–water partition coefficient (Wildman–Crippen LogP) is 2.64. The van der Waals surface area contributed by atoms with E-state index in [1.54, 1.807) is 0 Å². The lowest BCUT2D eigenvalue weighted by molar-refractivity contribution is -0.141. The van der Waals surface area contributed by atoms with Crippen LogP contribution in [0, 0.1) is 11.8 Å². The van der Waals surface area contributed by atoms with Crippen LogP contribution in [0.15, 0.2) is 0 Å². The average Bonchev–Trinajstić information content (AvgIpc) is 2.24. The van der Waals surface area contributed by atoms with Crippen molar-refractivity contribution in [3.8, 4) is 0 Å². The third-order valence-corrected chi connectivity index (χ3v) is 1.76. The van der Waals surface area contributed by atoms with Crippen molar-refractivity contribution in [2.45, 2.75) is 47.5 Å². The standard InChI is InChI=1S/C8H18O.C6H12O3/c1-7(2)5-9-6-8(3)4;1-6(8)9-5-3-2-4-7/h7-8H,5-6H2,1-4H3;7H,2-5H2,1H3. The molecule has 0 bridgehead atoms. The fourth-order valence-corrected chi connectivity index (χ4v) is 0.969. The third-order valence-electron chi connectivity index (χ3n) is 1.76. The highest BCUT2D eigenvalue weighted by atomic mass is 16.5. The van der Waals surface area contributed by atoms with Crippen molar-refractivity contribution in [1.29, 1.82) is 0 Å². The van der Waals surface area contributed by atoms with Crippen molar-refractivity contribution < 1.29 is 19.4 Å². The summed E-state index contributed by atoms with van der Waals surface area (Å²) < 4.78 is 9.95. The number of aliphatic hydroxyl groups is 1.